The number of ether oxygens (including phenoxy) is 1. The van der Waals surface area contributed by atoms with Gasteiger partial charge in [-0.1, -0.05) is 63.2 Å². The molecule has 0 spiro atoms. The number of aromatic nitrogens is 5. The van der Waals surface area contributed by atoms with E-state index in [1.54, 1.807) is 0 Å². The summed E-state index contributed by atoms with van der Waals surface area (Å²) in [6.07, 6.45) is 5.87. The zero-order valence-electron chi connectivity index (χ0n) is 27.3. The van der Waals surface area contributed by atoms with Crippen LogP contribution in [0.15, 0.2) is 128 Å². The van der Waals surface area contributed by atoms with E-state index in [1.165, 1.54) is 16.5 Å². The smallest absolute Gasteiger partial charge is 0.146 e. The first kappa shape index (κ1) is 28.2. The van der Waals surface area contributed by atoms with Crippen molar-refractivity contribution in [2.45, 2.75) is 33.1 Å². The number of aryl methyl sites for hydroxylation is 1. The molecule has 0 aliphatic carbocycles. The topological polar surface area (TPSA) is 57.2 Å². The van der Waals surface area contributed by atoms with E-state index in [-0.39, 0.29) is 5.41 Å². The molecule has 4 aromatic carbocycles. The fourth-order valence-electron chi connectivity index (χ4n) is 6.92. The molecule has 0 amide bonds. The van der Waals surface area contributed by atoms with Crippen molar-refractivity contribution < 1.29 is 4.74 Å². The highest BCUT2D eigenvalue weighted by molar-refractivity contribution is 6.11. The number of fused-ring (bicyclic) bond motifs is 9. The molecule has 9 rings (SSSR count). The second kappa shape index (κ2) is 10.5. The van der Waals surface area contributed by atoms with Gasteiger partial charge in [-0.3, -0.25) is 14.0 Å². The average molecular weight is 624 g/mol. The average Bonchev–Trinajstić information content (AvgIpc) is 3.68. The molecule has 6 nitrogen and oxygen atoms in total. The molecule has 48 heavy (non-hydrogen) atoms. The van der Waals surface area contributed by atoms with Crippen molar-refractivity contribution in [3.63, 3.8) is 0 Å². The van der Waals surface area contributed by atoms with Crippen LogP contribution < -0.4 is 4.74 Å². The van der Waals surface area contributed by atoms with Crippen molar-refractivity contribution >= 4 is 49.3 Å². The lowest BCUT2D eigenvalue weighted by Crippen LogP contribution is -2.12. The third kappa shape index (κ3) is 4.44. The molecule has 0 bridgehead atoms. The van der Waals surface area contributed by atoms with Crippen LogP contribution >= 0.6 is 0 Å². The van der Waals surface area contributed by atoms with Crippen LogP contribution in [0.1, 0.15) is 31.9 Å². The summed E-state index contributed by atoms with van der Waals surface area (Å²) in [6.45, 7) is 8.81. The Labute approximate surface area is 277 Å². The van der Waals surface area contributed by atoms with Gasteiger partial charge in [0.2, 0.25) is 0 Å². The predicted octanol–water partition coefficient (Wildman–Crippen LogP) is 10.6. The van der Waals surface area contributed by atoms with Crippen molar-refractivity contribution in [1.29, 1.82) is 0 Å². The van der Waals surface area contributed by atoms with Crippen molar-refractivity contribution in [2.24, 2.45) is 0 Å². The molecule has 232 valence electrons. The minimum absolute atomic E-state index is 0.00259. The highest BCUT2D eigenvalue weighted by Crippen LogP contribution is 2.38. The Kier molecular flexibility index (Phi) is 6.18. The van der Waals surface area contributed by atoms with Gasteiger partial charge in [0.05, 0.1) is 27.8 Å². The van der Waals surface area contributed by atoms with Crippen LogP contribution in [0.2, 0.25) is 0 Å². The molecule has 0 unspecified atom stereocenters. The summed E-state index contributed by atoms with van der Waals surface area (Å²) in [5.74, 6) is 2.37. The first-order valence-corrected chi connectivity index (χ1v) is 16.3. The summed E-state index contributed by atoms with van der Waals surface area (Å²) in [7, 11) is 0. The summed E-state index contributed by atoms with van der Waals surface area (Å²) in [5.41, 5.74) is 9.44. The Bertz CT molecular complexity index is 2710. The van der Waals surface area contributed by atoms with Crippen LogP contribution in [0, 0.1) is 6.92 Å². The van der Waals surface area contributed by atoms with E-state index in [9.17, 15) is 0 Å². The highest BCUT2D eigenvalue weighted by Gasteiger charge is 2.19. The number of hydrogen-bond acceptors (Lipinski definition) is 4. The maximum Gasteiger partial charge on any atom is 0.146 e. The van der Waals surface area contributed by atoms with Gasteiger partial charge in [0.1, 0.15) is 23.0 Å². The van der Waals surface area contributed by atoms with E-state index in [0.29, 0.717) is 0 Å². The molecule has 0 aliphatic heterocycles. The zero-order valence-corrected chi connectivity index (χ0v) is 27.3. The molecule has 6 heteroatoms. The van der Waals surface area contributed by atoms with Gasteiger partial charge in [-0.15, -0.1) is 0 Å². The van der Waals surface area contributed by atoms with E-state index >= 15 is 0 Å². The monoisotopic (exact) mass is 623 g/mol. The van der Waals surface area contributed by atoms with E-state index in [2.05, 4.69) is 134 Å². The van der Waals surface area contributed by atoms with Crippen LogP contribution in [-0.4, -0.2) is 23.9 Å². The minimum atomic E-state index is 0.00259. The molecule has 0 N–H and O–H groups in total. The number of hydrogen-bond donors (Lipinski definition) is 0. The van der Waals surface area contributed by atoms with Crippen molar-refractivity contribution in [3.8, 4) is 28.6 Å². The fraction of sp³-hybridized carbons (Fsp3) is 0.119. The lowest BCUT2D eigenvalue weighted by molar-refractivity contribution is 0.484. The SMILES string of the molecule is Cc1ccccc1-c1cn2c3cccnc3c3ccc(Oc4ccc5c6ccccc6n(-c6cc(C(C)(C)C)ccn6)c5c4)cc3c2n1. The molecule has 0 radical (unpaired) electrons. The number of benzene rings is 4. The molecule has 0 atom stereocenters. The largest absolute Gasteiger partial charge is 0.457 e. The van der Waals surface area contributed by atoms with Crippen LogP contribution in [0.4, 0.5) is 0 Å². The number of nitrogens with zero attached hydrogens (tertiary/aromatic N) is 5. The van der Waals surface area contributed by atoms with E-state index in [1.807, 2.05) is 30.6 Å². The number of pyridine rings is 3. The molecular formula is C42H33N5O. The van der Waals surface area contributed by atoms with Gasteiger partial charge in [-0.2, -0.15) is 0 Å². The third-order valence-electron chi connectivity index (χ3n) is 9.38. The molecule has 0 saturated heterocycles. The zero-order chi connectivity index (χ0) is 32.6. The van der Waals surface area contributed by atoms with Crippen molar-refractivity contribution in [3.05, 3.63) is 139 Å². The summed E-state index contributed by atoms with van der Waals surface area (Å²) in [6, 6.07) is 37.8. The lowest BCUT2D eigenvalue weighted by Gasteiger charge is -2.20. The van der Waals surface area contributed by atoms with Crippen LogP contribution in [-0.2, 0) is 5.41 Å². The maximum atomic E-state index is 6.64. The maximum absolute atomic E-state index is 6.64. The van der Waals surface area contributed by atoms with Gasteiger partial charge in [-0.05, 0) is 84.1 Å². The first-order valence-electron chi connectivity index (χ1n) is 16.3. The number of rotatable bonds is 4. The Morgan fingerprint density at radius 2 is 1.38 bits per heavy atom. The van der Waals surface area contributed by atoms with Gasteiger partial charge in [0.25, 0.3) is 0 Å². The van der Waals surface area contributed by atoms with E-state index < -0.39 is 0 Å². The van der Waals surface area contributed by atoms with Crippen molar-refractivity contribution in [1.82, 2.24) is 23.9 Å². The second-order valence-electron chi connectivity index (χ2n) is 13.5. The number of para-hydroxylation sites is 1. The normalized spacial score (nSPS) is 12.2. The molecule has 5 aromatic heterocycles. The second-order valence-corrected chi connectivity index (χ2v) is 13.5. The van der Waals surface area contributed by atoms with Gasteiger partial charge < -0.3 is 4.74 Å². The standard InChI is InChI=1S/C42H33N5O/c1-26-10-5-6-11-30(26)35-25-46-37-14-9-20-44-40(37)33-18-16-28(23-34(33)41(46)45-35)48-29-15-17-32-31-12-7-8-13-36(31)47(38(32)24-29)39-22-27(19-21-43-39)42(2,3)4/h5-25H,1-4H3. The summed E-state index contributed by atoms with van der Waals surface area (Å²) < 4.78 is 11.0. The predicted molar refractivity (Wildman–Crippen MR) is 196 cm³/mol. The quantitative estimate of drug-likeness (QED) is 0.183. The molecule has 5 heterocycles. The molecule has 0 aliphatic rings. The van der Waals surface area contributed by atoms with E-state index in [4.69, 9.17) is 19.7 Å². The van der Waals surface area contributed by atoms with Gasteiger partial charge >= 0.3 is 0 Å². The summed E-state index contributed by atoms with van der Waals surface area (Å²) in [4.78, 5) is 14.8. The van der Waals surface area contributed by atoms with Crippen molar-refractivity contribution in [2.75, 3.05) is 0 Å². The lowest BCUT2D eigenvalue weighted by atomic mass is 9.88. The Morgan fingerprint density at radius 3 is 2.23 bits per heavy atom. The third-order valence-corrected chi connectivity index (χ3v) is 9.38. The van der Waals surface area contributed by atoms with E-state index in [0.717, 1.165) is 72.4 Å². The minimum Gasteiger partial charge on any atom is -0.457 e. The Hall–Kier alpha value is -6.01. The Balaban J connectivity index is 1.20. The Morgan fingerprint density at radius 1 is 0.625 bits per heavy atom. The fourth-order valence-corrected chi connectivity index (χ4v) is 6.92. The first-order chi connectivity index (χ1) is 23.3. The molecule has 0 fully saturated rings. The molecular weight excluding hydrogens is 590 g/mol. The number of imidazole rings is 1. The highest BCUT2D eigenvalue weighted by atomic mass is 16.5. The summed E-state index contributed by atoms with van der Waals surface area (Å²) >= 11 is 0. The van der Waals surface area contributed by atoms with Crippen LogP contribution in [0.5, 0.6) is 11.5 Å². The van der Waals surface area contributed by atoms with Gasteiger partial charge in [-0.25, -0.2) is 9.97 Å². The molecule has 9 aromatic rings. The van der Waals surface area contributed by atoms with Gasteiger partial charge in [0.15, 0.2) is 0 Å². The van der Waals surface area contributed by atoms with Gasteiger partial charge in [0, 0.05) is 51.8 Å². The summed E-state index contributed by atoms with van der Waals surface area (Å²) in [5, 5.41) is 4.35. The van der Waals surface area contributed by atoms with Crippen LogP contribution in [0.3, 0.4) is 0 Å². The van der Waals surface area contributed by atoms with Crippen LogP contribution in [0.25, 0.3) is 66.3 Å². The molecule has 0 saturated carbocycles.